The van der Waals surface area contributed by atoms with Crippen LogP contribution in [-0.4, -0.2) is 43.0 Å². The minimum Gasteiger partial charge on any atom is -0.497 e. The van der Waals surface area contributed by atoms with E-state index < -0.39 is 6.04 Å². The van der Waals surface area contributed by atoms with Gasteiger partial charge in [0, 0.05) is 13.1 Å². The van der Waals surface area contributed by atoms with Gasteiger partial charge in [-0.1, -0.05) is 43.7 Å². The van der Waals surface area contributed by atoms with Crippen molar-refractivity contribution in [1.29, 1.82) is 0 Å². The van der Waals surface area contributed by atoms with Crippen LogP contribution in [0.3, 0.4) is 0 Å². The third-order valence-corrected chi connectivity index (χ3v) is 4.59. The second kappa shape index (κ2) is 11.7. The number of hydrogen-bond donors (Lipinski definition) is 1. The van der Waals surface area contributed by atoms with Gasteiger partial charge in [-0.15, -0.1) is 0 Å². The Kier molecular flexibility index (Phi) is 9.02. The number of hydrogen-bond acceptors (Lipinski definition) is 4. The fraction of sp³-hybridized carbons (Fsp3) is 0.391. The number of unbranched alkanes of at least 4 members (excludes halogenated alkanes) is 1. The van der Waals surface area contributed by atoms with Crippen molar-refractivity contribution in [3.05, 3.63) is 60.2 Å². The molecule has 0 fully saturated rings. The normalized spacial score (nSPS) is 11.4. The zero-order valence-corrected chi connectivity index (χ0v) is 17.4. The summed E-state index contributed by atoms with van der Waals surface area (Å²) in [5, 5.41) is 2.90. The first-order valence-electron chi connectivity index (χ1n) is 9.93. The number of methoxy groups -OCH3 is 1. The first-order valence-corrected chi connectivity index (χ1v) is 9.93. The van der Waals surface area contributed by atoms with E-state index in [1.54, 1.807) is 31.1 Å². The van der Waals surface area contributed by atoms with Crippen LogP contribution in [0.15, 0.2) is 54.6 Å². The van der Waals surface area contributed by atoms with Crippen molar-refractivity contribution in [2.45, 2.75) is 39.3 Å². The highest BCUT2D eigenvalue weighted by Crippen LogP contribution is 2.17. The van der Waals surface area contributed by atoms with Gasteiger partial charge in [0.1, 0.15) is 17.5 Å². The fourth-order valence-corrected chi connectivity index (χ4v) is 2.83. The summed E-state index contributed by atoms with van der Waals surface area (Å²) >= 11 is 0. The highest BCUT2D eigenvalue weighted by Gasteiger charge is 2.26. The number of nitrogens with zero attached hydrogens (tertiary/aromatic N) is 1. The number of para-hydroxylation sites is 1. The predicted molar refractivity (Wildman–Crippen MR) is 113 cm³/mol. The van der Waals surface area contributed by atoms with Crippen molar-refractivity contribution >= 4 is 11.8 Å². The lowest BCUT2D eigenvalue weighted by Crippen LogP contribution is -2.49. The van der Waals surface area contributed by atoms with Gasteiger partial charge in [-0.2, -0.15) is 0 Å². The lowest BCUT2D eigenvalue weighted by molar-refractivity contribution is -0.142. The Morgan fingerprint density at radius 3 is 2.48 bits per heavy atom. The molecule has 0 aliphatic heterocycles. The molecule has 0 aromatic heterocycles. The molecule has 0 heterocycles. The molecular weight excluding hydrogens is 368 g/mol. The van der Waals surface area contributed by atoms with Gasteiger partial charge >= 0.3 is 0 Å². The molecule has 2 amide bonds. The minimum absolute atomic E-state index is 0.138. The van der Waals surface area contributed by atoms with Crippen molar-refractivity contribution in [2.75, 3.05) is 20.3 Å². The summed E-state index contributed by atoms with van der Waals surface area (Å²) in [6.07, 6.45) is 1.89. The highest BCUT2D eigenvalue weighted by atomic mass is 16.5. The van der Waals surface area contributed by atoms with E-state index in [0.29, 0.717) is 18.0 Å². The first-order chi connectivity index (χ1) is 14.0. The van der Waals surface area contributed by atoms with Crippen LogP contribution in [0.5, 0.6) is 11.5 Å². The van der Waals surface area contributed by atoms with Crippen molar-refractivity contribution in [3.63, 3.8) is 0 Å². The molecule has 1 atom stereocenters. The van der Waals surface area contributed by atoms with Crippen LogP contribution in [0.25, 0.3) is 0 Å². The zero-order chi connectivity index (χ0) is 21.1. The molecule has 0 saturated carbocycles. The molecular formula is C23H30N2O4. The average molecular weight is 399 g/mol. The summed E-state index contributed by atoms with van der Waals surface area (Å²) in [7, 11) is 1.60. The van der Waals surface area contributed by atoms with Crippen molar-refractivity contribution in [1.82, 2.24) is 10.2 Å². The standard InChI is InChI=1S/C23H30N2O4/c1-4-5-14-24-23(27)18(2)25(16-19-10-9-13-21(15-19)28-3)22(26)17-29-20-11-7-6-8-12-20/h6-13,15,18H,4-5,14,16-17H2,1-3H3,(H,24,27)/t18-/m0/s1. The van der Waals surface area contributed by atoms with Gasteiger partial charge in [0.2, 0.25) is 5.91 Å². The number of benzene rings is 2. The lowest BCUT2D eigenvalue weighted by atomic mass is 10.1. The van der Waals surface area contributed by atoms with E-state index in [1.807, 2.05) is 42.5 Å². The Bertz CT molecular complexity index is 779. The van der Waals surface area contributed by atoms with Gasteiger partial charge in [0.25, 0.3) is 5.91 Å². The number of amides is 2. The number of rotatable bonds is 11. The summed E-state index contributed by atoms with van der Waals surface area (Å²) in [6.45, 7) is 4.55. The van der Waals surface area contributed by atoms with Gasteiger partial charge in [0.05, 0.1) is 7.11 Å². The Morgan fingerprint density at radius 1 is 1.07 bits per heavy atom. The van der Waals surface area contributed by atoms with Gasteiger partial charge in [-0.05, 0) is 43.2 Å². The minimum atomic E-state index is -0.620. The van der Waals surface area contributed by atoms with Gasteiger partial charge in [-0.3, -0.25) is 9.59 Å². The average Bonchev–Trinajstić information content (AvgIpc) is 2.76. The number of carbonyl (C=O) groups excluding carboxylic acids is 2. The molecule has 2 aromatic carbocycles. The second-order valence-corrected chi connectivity index (χ2v) is 6.80. The van der Waals surface area contributed by atoms with Crippen LogP contribution in [0.2, 0.25) is 0 Å². The molecule has 29 heavy (non-hydrogen) atoms. The van der Waals surface area contributed by atoms with Crippen LogP contribution < -0.4 is 14.8 Å². The number of nitrogens with one attached hydrogen (secondary N) is 1. The van der Waals surface area contributed by atoms with Gasteiger partial charge < -0.3 is 19.7 Å². The predicted octanol–water partition coefficient (Wildman–Crippen LogP) is 3.41. The lowest BCUT2D eigenvalue weighted by Gasteiger charge is -2.29. The Hall–Kier alpha value is -3.02. The van der Waals surface area contributed by atoms with E-state index in [1.165, 1.54) is 0 Å². The molecule has 1 N–H and O–H groups in total. The van der Waals surface area contributed by atoms with E-state index in [4.69, 9.17) is 9.47 Å². The fourth-order valence-electron chi connectivity index (χ4n) is 2.83. The quantitative estimate of drug-likeness (QED) is 0.589. The molecule has 0 radical (unpaired) electrons. The summed E-state index contributed by atoms with van der Waals surface area (Å²) < 4.78 is 10.9. The number of carbonyl (C=O) groups is 2. The summed E-state index contributed by atoms with van der Waals surface area (Å²) in [5.41, 5.74) is 0.880. The molecule has 2 aromatic rings. The molecule has 156 valence electrons. The molecule has 2 rings (SSSR count). The van der Waals surface area contributed by atoms with E-state index in [-0.39, 0.29) is 25.0 Å². The van der Waals surface area contributed by atoms with E-state index in [0.717, 1.165) is 18.4 Å². The largest absolute Gasteiger partial charge is 0.497 e. The monoisotopic (exact) mass is 398 g/mol. The van der Waals surface area contributed by atoms with Gasteiger partial charge in [-0.25, -0.2) is 0 Å². The van der Waals surface area contributed by atoms with Crippen LogP contribution in [0, 0.1) is 0 Å². The Labute approximate surface area is 172 Å². The maximum atomic E-state index is 12.9. The molecule has 0 aliphatic carbocycles. The maximum Gasteiger partial charge on any atom is 0.261 e. The number of ether oxygens (including phenoxy) is 2. The van der Waals surface area contributed by atoms with Gasteiger partial charge in [0.15, 0.2) is 6.61 Å². The Morgan fingerprint density at radius 2 is 1.79 bits per heavy atom. The molecule has 6 nitrogen and oxygen atoms in total. The molecule has 0 aliphatic rings. The first kappa shape index (κ1) is 22.3. The Balaban J connectivity index is 2.12. The third kappa shape index (κ3) is 7.14. The molecule has 0 saturated heterocycles. The highest BCUT2D eigenvalue weighted by molar-refractivity contribution is 5.87. The topological polar surface area (TPSA) is 67.9 Å². The van der Waals surface area contributed by atoms with Crippen LogP contribution >= 0.6 is 0 Å². The van der Waals surface area contributed by atoms with Crippen LogP contribution in [0.4, 0.5) is 0 Å². The van der Waals surface area contributed by atoms with Crippen molar-refractivity contribution in [2.24, 2.45) is 0 Å². The van der Waals surface area contributed by atoms with Crippen molar-refractivity contribution in [3.8, 4) is 11.5 Å². The molecule has 0 bridgehead atoms. The summed E-state index contributed by atoms with van der Waals surface area (Å²) in [5.74, 6) is 0.891. The molecule has 0 unspecified atom stereocenters. The summed E-state index contributed by atoms with van der Waals surface area (Å²) in [4.78, 5) is 27.1. The van der Waals surface area contributed by atoms with Crippen LogP contribution in [0.1, 0.15) is 32.3 Å². The summed E-state index contributed by atoms with van der Waals surface area (Å²) in [6, 6.07) is 16.0. The second-order valence-electron chi connectivity index (χ2n) is 6.80. The van der Waals surface area contributed by atoms with E-state index in [2.05, 4.69) is 12.2 Å². The van der Waals surface area contributed by atoms with E-state index >= 15 is 0 Å². The molecule has 6 heteroatoms. The zero-order valence-electron chi connectivity index (χ0n) is 17.4. The maximum absolute atomic E-state index is 12.9. The molecule has 0 spiro atoms. The van der Waals surface area contributed by atoms with Crippen LogP contribution in [-0.2, 0) is 16.1 Å². The smallest absolute Gasteiger partial charge is 0.261 e. The SMILES string of the molecule is CCCCNC(=O)[C@H](C)N(Cc1cccc(OC)c1)C(=O)COc1ccccc1. The van der Waals surface area contributed by atoms with Crippen molar-refractivity contribution < 1.29 is 19.1 Å². The van der Waals surface area contributed by atoms with E-state index in [9.17, 15) is 9.59 Å². The third-order valence-electron chi connectivity index (χ3n) is 4.59.